The Morgan fingerprint density at radius 3 is 2.54 bits per heavy atom. The monoisotopic (exact) mass is 363 g/mol. The van der Waals surface area contributed by atoms with Crippen molar-refractivity contribution in [2.24, 2.45) is 16.8 Å². The zero-order chi connectivity index (χ0) is 18.1. The molecule has 3 aromatic rings. The van der Waals surface area contributed by atoms with Crippen molar-refractivity contribution >= 4 is 34.0 Å². The van der Waals surface area contributed by atoms with Crippen molar-refractivity contribution in [1.82, 2.24) is 5.43 Å². The first-order valence-electron chi connectivity index (χ1n) is 8.73. The quantitative estimate of drug-likeness (QED) is 0.411. The maximum Gasteiger partial charge on any atom is 0.184 e. The third-order valence-corrected chi connectivity index (χ3v) is 5.31. The van der Waals surface area contributed by atoms with E-state index in [-0.39, 0.29) is 10.5 Å². The average Bonchev–Trinajstić information content (AvgIpc) is 3.04. The van der Waals surface area contributed by atoms with Crippen LogP contribution in [0.2, 0.25) is 0 Å². The van der Waals surface area contributed by atoms with Gasteiger partial charge in [0.1, 0.15) is 11.3 Å². The first kappa shape index (κ1) is 16.8. The van der Waals surface area contributed by atoms with E-state index in [0.717, 1.165) is 35.3 Å². The van der Waals surface area contributed by atoms with Crippen molar-refractivity contribution in [3.05, 3.63) is 72.0 Å². The Kier molecular flexibility index (Phi) is 4.24. The summed E-state index contributed by atoms with van der Waals surface area (Å²) in [4.78, 5) is 0. The highest BCUT2D eigenvalue weighted by atomic mass is 32.1. The number of nitrogens with one attached hydrogen (secondary N) is 1. The van der Waals surface area contributed by atoms with Crippen molar-refractivity contribution in [2.75, 3.05) is 0 Å². The van der Waals surface area contributed by atoms with E-state index < -0.39 is 0 Å². The summed E-state index contributed by atoms with van der Waals surface area (Å²) in [5.74, 6) is 1.07. The molecular weight excluding hydrogens is 342 g/mol. The molecule has 0 saturated heterocycles. The molecule has 0 aliphatic heterocycles. The molecular formula is C21H21N3OS. The average molecular weight is 363 g/mol. The predicted octanol–water partition coefficient (Wildman–Crippen LogP) is 4.34. The van der Waals surface area contributed by atoms with Gasteiger partial charge >= 0.3 is 0 Å². The van der Waals surface area contributed by atoms with Crippen molar-refractivity contribution in [1.29, 1.82) is 0 Å². The van der Waals surface area contributed by atoms with Gasteiger partial charge in [0.15, 0.2) is 10.9 Å². The van der Waals surface area contributed by atoms with Gasteiger partial charge in [0.2, 0.25) is 0 Å². The summed E-state index contributed by atoms with van der Waals surface area (Å²) in [6.45, 7) is 2.30. The molecule has 1 aliphatic rings. The van der Waals surface area contributed by atoms with Crippen LogP contribution in [-0.4, -0.2) is 10.8 Å². The summed E-state index contributed by atoms with van der Waals surface area (Å²) in [7, 11) is 0. The molecule has 0 unspecified atom stereocenters. The van der Waals surface area contributed by atoms with Crippen LogP contribution in [0.25, 0.3) is 11.0 Å². The molecule has 0 radical (unpaired) electrons. The van der Waals surface area contributed by atoms with Crippen molar-refractivity contribution in [2.45, 2.75) is 25.2 Å². The highest BCUT2D eigenvalue weighted by Crippen LogP contribution is 2.49. The Morgan fingerprint density at radius 2 is 1.85 bits per heavy atom. The highest BCUT2D eigenvalue weighted by molar-refractivity contribution is 7.80. The van der Waals surface area contributed by atoms with Crippen LogP contribution >= 0.6 is 12.2 Å². The number of nitrogens with two attached hydrogens (primary N) is 1. The summed E-state index contributed by atoms with van der Waals surface area (Å²) in [6.07, 6.45) is 2.01. The molecule has 26 heavy (non-hydrogen) atoms. The minimum absolute atomic E-state index is 0.155. The lowest BCUT2D eigenvalue weighted by atomic mass is 9.58. The smallest absolute Gasteiger partial charge is 0.184 e. The number of hydrogen-bond donors (Lipinski definition) is 2. The van der Waals surface area contributed by atoms with Crippen molar-refractivity contribution < 1.29 is 4.42 Å². The van der Waals surface area contributed by atoms with Gasteiger partial charge in [-0.1, -0.05) is 55.5 Å². The normalized spacial score (nSPS) is 22.8. The van der Waals surface area contributed by atoms with E-state index in [2.05, 4.69) is 47.8 Å². The molecule has 0 bridgehead atoms. The van der Waals surface area contributed by atoms with E-state index in [1.165, 1.54) is 5.56 Å². The highest BCUT2D eigenvalue weighted by Gasteiger charge is 2.44. The molecule has 1 aromatic heterocycles. The molecule has 1 fully saturated rings. The van der Waals surface area contributed by atoms with Crippen LogP contribution in [0.3, 0.4) is 0 Å². The molecule has 5 heteroatoms. The first-order valence-corrected chi connectivity index (χ1v) is 9.13. The SMILES string of the molecule is CC1(c2ccccc2)CC(/C(=N/NC(N)=S)c2cc3ccccc3o2)C1. The number of furan rings is 1. The molecule has 132 valence electrons. The summed E-state index contributed by atoms with van der Waals surface area (Å²) in [5.41, 5.74) is 11.6. The molecule has 0 spiro atoms. The summed E-state index contributed by atoms with van der Waals surface area (Å²) >= 11 is 4.92. The largest absolute Gasteiger partial charge is 0.455 e. The number of rotatable bonds is 4. The van der Waals surface area contributed by atoms with Gasteiger partial charge in [-0.3, -0.25) is 5.43 Å². The molecule has 1 aliphatic carbocycles. The lowest BCUT2D eigenvalue weighted by molar-refractivity contribution is 0.216. The van der Waals surface area contributed by atoms with E-state index in [4.69, 9.17) is 22.4 Å². The van der Waals surface area contributed by atoms with Crippen LogP contribution in [0.5, 0.6) is 0 Å². The number of thiocarbonyl (C=S) groups is 1. The summed E-state index contributed by atoms with van der Waals surface area (Å²) in [5, 5.41) is 5.70. The van der Waals surface area contributed by atoms with Gasteiger partial charge in [0, 0.05) is 11.3 Å². The van der Waals surface area contributed by atoms with Crippen LogP contribution in [-0.2, 0) is 5.41 Å². The second kappa shape index (κ2) is 6.57. The van der Waals surface area contributed by atoms with Gasteiger partial charge < -0.3 is 10.2 Å². The minimum atomic E-state index is 0.155. The van der Waals surface area contributed by atoms with Crippen molar-refractivity contribution in [3.8, 4) is 0 Å². The summed E-state index contributed by atoms with van der Waals surface area (Å²) < 4.78 is 6.04. The van der Waals surface area contributed by atoms with Crippen LogP contribution in [0, 0.1) is 5.92 Å². The first-order chi connectivity index (χ1) is 12.5. The molecule has 1 saturated carbocycles. The van der Waals surface area contributed by atoms with Crippen LogP contribution in [0.15, 0.2) is 70.2 Å². The molecule has 0 amide bonds. The van der Waals surface area contributed by atoms with Gasteiger partial charge in [0.05, 0.1) is 0 Å². The number of benzene rings is 2. The maximum atomic E-state index is 6.04. The molecule has 0 atom stereocenters. The fourth-order valence-electron chi connectivity index (χ4n) is 3.87. The molecule has 4 rings (SSSR count). The molecule has 3 N–H and O–H groups in total. The van der Waals surface area contributed by atoms with Gasteiger partial charge in [0.25, 0.3) is 0 Å². The topological polar surface area (TPSA) is 63.5 Å². The number of hydrogen-bond acceptors (Lipinski definition) is 3. The van der Waals surface area contributed by atoms with Crippen LogP contribution in [0.4, 0.5) is 0 Å². The van der Waals surface area contributed by atoms with Crippen LogP contribution in [0.1, 0.15) is 31.1 Å². The Balaban J connectivity index is 1.63. The molecule has 2 aromatic carbocycles. The van der Waals surface area contributed by atoms with E-state index in [1.54, 1.807) is 0 Å². The van der Waals surface area contributed by atoms with Gasteiger partial charge in [-0.2, -0.15) is 5.10 Å². The van der Waals surface area contributed by atoms with E-state index in [9.17, 15) is 0 Å². The maximum absolute atomic E-state index is 6.04. The van der Waals surface area contributed by atoms with Gasteiger partial charge in [-0.25, -0.2) is 0 Å². The van der Waals surface area contributed by atoms with Gasteiger partial charge in [-0.05, 0) is 48.2 Å². The van der Waals surface area contributed by atoms with E-state index in [1.807, 2.05) is 30.3 Å². The zero-order valence-corrected chi connectivity index (χ0v) is 15.4. The lowest BCUT2D eigenvalue weighted by Crippen LogP contribution is -2.43. The number of para-hydroxylation sites is 1. The predicted molar refractivity (Wildman–Crippen MR) is 109 cm³/mol. The fourth-order valence-corrected chi connectivity index (χ4v) is 3.91. The summed E-state index contributed by atoms with van der Waals surface area (Å²) in [6, 6.07) is 20.6. The Morgan fingerprint density at radius 1 is 1.15 bits per heavy atom. The zero-order valence-electron chi connectivity index (χ0n) is 14.6. The van der Waals surface area contributed by atoms with Crippen molar-refractivity contribution in [3.63, 3.8) is 0 Å². The Labute approximate surface area is 158 Å². The Hall–Kier alpha value is -2.66. The van der Waals surface area contributed by atoms with E-state index in [0.29, 0.717) is 5.92 Å². The van der Waals surface area contributed by atoms with Gasteiger partial charge in [-0.15, -0.1) is 0 Å². The molecule has 4 nitrogen and oxygen atoms in total. The third-order valence-electron chi connectivity index (χ3n) is 5.22. The fraction of sp³-hybridized carbons (Fsp3) is 0.238. The molecule has 1 heterocycles. The lowest BCUT2D eigenvalue weighted by Gasteiger charge is -2.45. The van der Waals surface area contributed by atoms with E-state index >= 15 is 0 Å². The van der Waals surface area contributed by atoms with Crippen LogP contribution < -0.4 is 11.2 Å². The Bertz CT molecular complexity index is 938. The second-order valence-electron chi connectivity index (χ2n) is 7.15. The number of fused-ring (bicyclic) bond motifs is 1. The number of hydrazone groups is 1. The number of nitrogens with zero attached hydrogens (tertiary/aromatic N) is 1. The minimum Gasteiger partial charge on any atom is -0.455 e. The standard InChI is InChI=1S/C21H21N3OS/c1-21(16-8-3-2-4-9-16)12-15(13-21)19(23-24-20(22)26)18-11-14-7-5-6-10-17(14)25-18/h2-11,15H,12-13H2,1H3,(H3,22,24,26)/b23-19-. The third kappa shape index (κ3) is 3.10. The second-order valence-corrected chi connectivity index (χ2v) is 7.59.